The fourth-order valence-corrected chi connectivity index (χ4v) is 6.42. The van der Waals surface area contributed by atoms with E-state index >= 15 is 0 Å². The zero-order valence-electron chi connectivity index (χ0n) is 27.3. The van der Waals surface area contributed by atoms with Crippen molar-refractivity contribution in [3.05, 3.63) is 81.5 Å². The molecule has 244 valence electrons. The van der Waals surface area contributed by atoms with Gasteiger partial charge >= 0.3 is 0 Å². The van der Waals surface area contributed by atoms with Crippen molar-refractivity contribution in [1.29, 1.82) is 0 Å². The maximum absolute atomic E-state index is 14.0. The Labute approximate surface area is 270 Å². The molecule has 3 aromatic carbocycles. The quantitative estimate of drug-likeness (QED) is 0.344. The Balaban J connectivity index is 1.55. The molecule has 0 radical (unpaired) electrons. The first-order valence-corrected chi connectivity index (χ1v) is 15.7. The van der Waals surface area contributed by atoms with Crippen molar-refractivity contribution >= 4 is 17.5 Å². The number of rotatable bonds is 9. The molecule has 1 saturated heterocycles. The second-order valence-corrected chi connectivity index (χ2v) is 12.0. The van der Waals surface area contributed by atoms with E-state index in [4.69, 9.17) is 18.9 Å². The van der Waals surface area contributed by atoms with Crippen molar-refractivity contribution in [3.8, 4) is 28.4 Å². The third-order valence-electron chi connectivity index (χ3n) is 8.71. The number of aryl methyl sites for hydroxylation is 1. The van der Waals surface area contributed by atoms with Crippen LogP contribution < -0.4 is 30.3 Å². The standard InChI is InChI=1S/C36H43N3O7/c1-21(2)33(36(42)39-16-17-46-31(20-39)23-10-8-7-9-11-23)38-28-15-13-25-26(19-29(28)41)27(37-22(3)40)14-12-24-18-30(43-4)34(44-5)35(45-6)32(24)25/h7-11,13,15,18-19,21,27,31,33H,12,14,16-17,20H2,1-6H3,(H,37,40)(H,38,41)/t27-,31?,33-/m1/s1. The van der Waals surface area contributed by atoms with Crippen LogP contribution in [0.3, 0.4) is 0 Å². The van der Waals surface area contributed by atoms with Crippen molar-refractivity contribution in [1.82, 2.24) is 10.2 Å². The third-order valence-corrected chi connectivity index (χ3v) is 8.71. The number of anilines is 1. The molecule has 3 atom stereocenters. The van der Waals surface area contributed by atoms with Gasteiger partial charge in [0.25, 0.3) is 0 Å². The first-order chi connectivity index (χ1) is 22.2. The van der Waals surface area contributed by atoms with Gasteiger partial charge in [-0.05, 0) is 59.2 Å². The Morgan fingerprint density at radius 2 is 1.72 bits per heavy atom. The molecule has 0 aromatic heterocycles. The summed E-state index contributed by atoms with van der Waals surface area (Å²) in [6.07, 6.45) is 0.933. The van der Waals surface area contributed by atoms with E-state index in [0.29, 0.717) is 55.4 Å². The van der Waals surface area contributed by atoms with E-state index in [1.165, 1.54) is 6.92 Å². The second-order valence-electron chi connectivity index (χ2n) is 12.0. The fourth-order valence-electron chi connectivity index (χ4n) is 6.42. The van der Waals surface area contributed by atoms with Crippen LogP contribution in [0.1, 0.15) is 56.0 Å². The number of benzene rings is 2. The zero-order valence-corrected chi connectivity index (χ0v) is 27.3. The van der Waals surface area contributed by atoms with Gasteiger partial charge in [0.15, 0.2) is 11.5 Å². The van der Waals surface area contributed by atoms with Crippen molar-refractivity contribution in [2.45, 2.75) is 51.8 Å². The average molecular weight is 630 g/mol. The lowest BCUT2D eigenvalue weighted by molar-refractivity contribution is -0.140. The number of nitrogens with one attached hydrogen (secondary N) is 2. The highest BCUT2D eigenvalue weighted by molar-refractivity contribution is 5.86. The van der Waals surface area contributed by atoms with Gasteiger partial charge in [-0.2, -0.15) is 0 Å². The molecule has 3 aromatic rings. The maximum atomic E-state index is 14.0. The van der Waals surface area contributed by atoms with Crippen LogP contribution in [0.15, 0.2) is 59.4 Å². The number of morpholine rings is 1. The maximum Gasteiger partial charge on any atom is 0.245 e. The summed E-state index contributed by atoms with van der Waals surface area (Å²) in [5.41, 5.74) is 4.10. The first kappa shape index (κ1) is 32.8. The molecule has 2 N–H and O–H groups in total. The number of fused-ring (bicyclic) bond motifs is 3. The molecular formula is C36H43N3O7. The van der Waals surface area contributed by atoms with Crippen LogP contribution in [0.5, 0.6) is 17.2 Å². The minimum atomic E-state index is -0.651. The number of nitrogens with zero attached hydrogens (tertiary/aromatic N) is 1. The molecule has 5 rings (SSSR count). The van der Waals surface area contributed by atoms with E-state index in [1.807, 2.05) is 61.2 Å². The third kappa shape index (κ3) is 6.67. The van der Waals surface area contributed by atoms with Crippen LogP contribution in [-0.4, -0.2) is 63.8 Å². The number of ether oxygens (including phenoxy) is 4. The average Bonchev–Trinajstić information content (AvgIpc) is 3.30. The van der Waals surface area contributed by atoms with Gasteiger partial charge in [0.2, 0.25) is 23.0 Å². The Morgan fingerprint density at radius 3 is 2.37 bits per heavy atom. The Bertz CT molecular complexity index is 1640. The molecule has 2 aliphatic rings. The zero-order chi connectivity index (χ0) is 33.0. The highest BCUT2D eigenvalue weighted by Gasteiger charge is 2.33. The van der Waals surface area contributed by atoms with Crippen LogP contribution in [0.25, 0.3) is 11.1 Å². The van der Waals surface area contributed by atoms with E-state index < -0.39 is 12.1 Å². The highest BCUT2D eigenvalue weighted by Crippen LogP contribution is 2.50. The lowest BCUT2D eigenvalue weighted by Crippen LogP contribution is -2.50. The van der Waals surface area contributed by atoms with Gasteiger partial charge in [-0.15, -0.1) is 0 Å². The predicted molar refractivity (Wildman–Crippen MR) is 177 cm³/mol. The number of carbonyl (C=O) groups is 2. The van der Waals surface area contributed by atoms with Crippen LogP contribution in [0.4, 0.5) is 5.69 Å². The number of carbonyl (C=O) groups excluding carboxylic acids is 2. The van der Waals surface area contributed by atoms with E-state index in [0.717, 1.165) is 22.3 Å². The molecule has 1 unspecified atom stereocenters. The van der Waals surface area contributed by atoms with E-state index in [-0.39, 0.29) is 35.0 Å². The molecule has 2 amide bonds. The normalized spacial score (nSPS) is 18.0. The van der Waals surface area contributed by atoms with Gasteiger partial charge in [0.1, 0.15) is 12.1 Å². The number of amides is 2. The van der Waals surface area contributed by atoms with Gasteiger partial charge in [0, 0.05) is 19.0 Å². The lowest BCUT2D eigenvalue weighted by Gasteiger charge is -2.36. The monoisotopic (exact) mass is 629 g/mol. The van der Waals surface area contributed by atoms with Gasteiger partial charge in [-0.1, -0.05) is 50.2 Å². The summed E-state index contributed by atoms with van der Waals surface area (Å²) < 4.78 is 23.2. The first-order valence-electron chi connectivity index (χ1n) is 15.7. The van der Waals surface area contributed by atoms with Crippen molar-refractivity contribution in [3.63, 3.8) is 0 Å². The van der Waals surface area contributed by atoms with Gasteiger partial charge in [0.05, 0.1) is 46.2 Å². The van der Waals surface area contributed by atoms with Gasteiger partial charge in [-0.25, -0.2) is 0 Å². The molecule has 46 heavy (non-hydrogen) atoms. The van der Waals surface area contributed by atoms with Crippen LogP contribution in [-0.2, 0) is 20.7 Å². The topological polar surface area (TPSA) is 115 Å². The molecule has 10 nitrogen and oxygen atoms in total. The Hall–Kier alpha value is -4.57. The summed E-state index contributed by atoms with van der Waals surface area (Å²) in [5.74, 6) is 1.03. The minimum absolute atomic E-state index is 0.0910. The molecular weight excluding hydrogens is 586 g/mol. The smallest absolute Gasteiger partial charge is 0.245 e. The van der Waals surface area contributed by atoms with Crippen LogP contribution >= 0.6 is 0 Å². The largest absolute Gasteiger partial charge is 0.493 e. The van der Waals surface area contributed by atoms with Gasteiger partial charge < -0.3 is 34.5 Å². The SMILES string of the molecule is COc1cc2c(c(OC)c1OC)-c1ccc(N[C@@H](C(=O)N3CCOC(c4ccccc4)C3)C(C)C)c(=O)cc1[C@H](NC(C)=O)CC2. The van der Waals surface area contributed by atoms with Crippen LogP contribution in [0, 0.1) is 5.92 Å². The minimum Gasteiger partial charge on any atom is -0.493 e. The summed E-state index contributed by atoms with van der Waals surface area (Å²) in [4.78, 5) is 42.0. The van der Waals surface area contributed by atoms with Crippen LogP contribution in [0.2, 0.25) is 0 Å². The number of hydrogen-bond acceptors (Lipinski definition) is 8. The molecule has 1 aliphatic carbocycles. The predicted octanol–water partition coefficient (Wildman–Crippen LogP) is 4.90. The molecule has 1 aliphatic heterocycles. The van der Waals surface area contributed by atoms with Gasteiger partial charge in [-0.3, -0.25) is 14.4 Å². The highest BCUT2D eigenvalue weighted by atomic mass is 16.5. The summed E-state index contributed by atoms with van der Waals surface area (Å²) in [6.45, 7) is 6.70. The van der Waals surface area contributed by atoms with Crippen molar-refractivity contribution in [2.24, 2.45) is 5.92 Å². The molecule has 0 spiro atoms. The molecule has 1 heterocycles. The molecule has 0 saturated carbocycles. The van der Waals surface area contributed by atoms with Crippen molar-refractivity contribution in [2.75, 3.05) is 46.3 Å². The molecule has 0 bridgehead atoms. The van der Waals surface area contributed by atoms with E-state index in [9.17, 15) is 14.4 Å². The Morgan fingerprint density at radius 1 is 0.978 bits per heavy atom. The fraction of sp³-hybridized carbons (Fsp3) is 0.417. The molecule has 10 heteroatoms. The Kier molecular flexibility index (Phi) is 10.2. The number of methoxy groups -OCH3 is 3. The molecule has 1 fully saturated rings. The number of hydrogen-bond donors (Lipinski definition) is 2. The van der Waals surface area contributed by atoms with Crippen molar-refractivity contribution < 1.29 is 28.5 Å². The summed E-state index contributed by atoms with van der Waals surface area (Å²) in [7, 11) is 4.68. The summed E-state index contributed by atoms with van der Waals surface area (Å²) in [5, 5.41) is 6.33. The van der Waals surface area contributed by atoms with E-state index in [2.05, 4.69) is 10.6 Å². The summed E-state index contributed by atoms with van der Waals surface area (Å²) in [6, 6.07) is 15.8. The summed E-state index contributed by atoms with van der Waals surface area (Å²) >= 11 is 0. The second kappa shape index (κ2) is 14.2. The lowest BCUT2D eigenvalue weighted by atomic mass is 9.95. The van der Waals surface area contributed by atoms with E-state index in [1.54, 1.807) is 33.5 Å².